The van der Waals surface area contributed by atoms with E-state index in [1.54, 1.807) is 6.20 Å². The van der Waals surface area contributed by atoms with Crippen molar-refractivity contribution >= 4 is 22.9 Å². The van der Waals surface area contributed by atoms with Crippen molar-refractivity contribution in [3.05, 3.63) is 24.0 Å². The van der Waals surface area contributed by atoms with Crippen LogP contribution in [0.1, 0.15) is 44.6 Å². The Bertz CT molecular complexity index is 425. The summed E-state index contributed by atoms with van der Waals surface area (Å²) in [7, 11) is 0. The van der Waals surface area contributed by atoms with Gasteiger partial charge in [-0.1, -0.05) is 38.4 Å². The highest BCUT2D eigenvalue weighted by Crippen LogP contribution is 2.30. The molecule has 1 aliphatic carbocycles. The number of hydrogen-bond donors (Lipinski definition) is 2. The van der Waals surface area contributed by atoms with Crippen LogP contribution in [-0.4, -0.2) is 16.5 Å². The van der Waals surface area contributed by atoms with Crippen LogP contribution in [-0.2, 0) is 0 Å². The molecule has 0 aliphatic heterocycles. The molecule has 19 heavy (non-hydrogen) atoms. The maximum atomic E-state index is 5.72. The molecule has 3 nitrogen and oxygen atoms in total. The van der Waals surface area contributed by atoms with E-state index in [-0.39, 0.29) is 0 Å². The predicted octanol–water partition coefficient (Wildman–Crippen LogP) is 3.34. The van der Waals surface area contributed by atoms with E-state index in [1.165, 1.54) is 32.1 Å². The molecule has 0 atom stereocenters. The first kappa shape index (κ1) is 14.3. The molecule has 1 aromatic rings. The first-order valence-corrected chi connectivity index (χ1v) is 7.59. The Hall–Kier alpha value is -1.16. The summed E-state index contributed by atoms with van der Waals surface area (Å²) in [5.74, 6) is 1.71. The average Bonchev–Trinajstić information content (AvgIpc) is 2.46. The molecule has 0 amide bonds. The highest BCUT2D eigenvalue weighted by molar-refractivity contribution is 7.80. The van der Waals surface area contributed by atoms with Crippen LogP contribution in [0, 0.1) is 11.8 Å². The summed E-state index contributed by atoms with van der Waals surface area (Å²) in [6, 6.07) is 1.87. The van der Waals surface area contributed by atoms with E-state index in [0.717, 1.165) is 29.6 Å². The SMILES string of the molecule is CCC1CCC(CNc2cnccc2C(N)=S)CC1. The zero-order valence-electron chi connectivity index (χ0n) is 11.6. The standard InChI is InChI=1S/C15H23N3S/c1-2-11-3-5-12(6-4-11)9-18-14-10-17-8-7-13(14)15(16)19/h7-8,10-12,18H,2-6,9H2,1H3,(H2,16,19). The number of thiocarbonyl (C=S) groups is 1. The fraction of sp³-hybridized carbons (Fsp3) is 0.600. The molecular formula is C15H23N3S. The van der Waals surface area contributed by atoms with Crippen molar-refractivity contribution in [3.8, 4) is 0 Å². The lowest BCUT2D eigenvalue weighted by molar-refractivity contribution is 0.278. The topological polar surface area (TPSA) is 50.9 Å². The van der Waals surface area contributed by atoms with Crippen LogP contribution < -0.4 is 11.1 Å². The predicted molar refractivity (Wildman–Crippen MR) is 84.4 cm³/mol. The summed E-state index contributed by atoms with van der Waals surface area (Å²) in [6.07, 6.45) is 10.3. The Morgan fingerprint density at radius 2 is 2.05 bits per heavy atom. The number of hydrogen-bond acceptors (Lipinski definition) is 3. The first-order valence-electron chi connectivity index (χ1n) is 7.18. The number of pyridine rings is 1. The van der Waals surface area contributed by atoms with Gasteiger partial charge in [0.2, 0.25) is 0 Å². The minimum absolute atomic E-state index is 0.430. The van der Waals surface area contributed by atoms with Gasteiger partial charge in [-0.3, -0.25) is 4.98 Å². The van der Waals surface area contributed by atoms with Gasteiger partial charge in [0, 0.05) is 18.3 Å². The van der Waals surface area contributed by atoms with E-state index in [9.17, 15) is 0 Å². The van der Waals surface area contributed by atoms with Gasteiger partial charge >= 0.3 is 0 Å². The fourth-order valence-electron chi connectivity index (χ4n) is 2.85. The molecule has 3 N–H and O–H groups in total. The van der Waals surface area contributed by atoms with Crippen LogP contribution in [0.2, 0.25) is 0 Å². The zero-order valence-corrected chi connectivity index (χ0v) is 12.4. The van der Waals surface area contributed by atoms with Gasteiger partial charge < -0.3 is 11.1 Å². The molecule has 0 aromatic carbocycles. The Labute approximate surface area is 121 Å². The van der Waals surface area contributed by atoms with Crippen molar-refractivity contribution in [2.45, 2.75) is 39.0 Å². The van der Waals surface area contributed by atoms with Crippen LogP contribution in [0.15, 0.2) is 18.5 Å². The molecule has 104 valence electrons. The smallest absolute Gasteiger partial charge is 0.106 e. The van der Waals surface area contributed by atoms with E-state index in [0.29, 0.717) is 4.99 Å². The molecule has 1 aliphatic rings. The van der Waals surface area contributed by atoms with Crippen LogP contribution in [0.3, 0.4) is 0 Å². The maximum Gasteiger partial charge on any atom is 0.106 e. The number of nitrogens with two attached hydrogens (primary N) is 1. The van der Waals surface area contributed by atoms with Crippen LogP contribution >= 0.6 is 12.2 Å². The summed E-state index contributed by atoms with van der Waals surface area (Å²) in [5, 5.41) is 3.47. The first-order chi connectivity index (χ1) is 9.20. The van der Waals surface area contributed by atoms with E-state index in [1.807, 2.05) is 12.3 Å². The molecule has 0 saturated heterocycles. The largest absolute Gasteiger partial charge is 0.389 e. The van der Waals surface area contributed by atoms with Gasteiger partial charge in [-0.25, -0.2) is 0 Å². The zero-order chi connectivity index (χ0) is 13.7. The minimum Gasteiger partial charge on any atom is -0.389 e. The number of nitrogens with one attached hydrogen (secondary N) is 1. The highest BCUT2D eigenvalue weighted by atomic mass is 32.1. The summed E-state index contributed by atoms with van der Waals surface area (Å²) in [4.78, 5) is 4.57. The second kappa shape index (κ2) is 6.85. The van der Waals surface area contributed by atoms with Gasteiger partial charge in [-0.15, -0.1) is 0 Å². The van der Waals surface area contributed by atoms with Crippen LogP contribution in [0.5, 0.6) is 0 Å². The van der Waals surface area contributed by atoms with Crippen LogP contribution in [0.4, 0.5) is 5.69 Å². The third kappa shape index (κ3) is 3.90. The normalized spacial score (nSPS) is 23.0. The van der Waals surface area contributed by atoms with Crippen molar-refractivity contribution in [3.63, 3.8) is 0 Å². The third-order valence-corrected chi connectivity index (χ3v) is 4.43. The van der Waals surface area contributed by atoms with Crippen molar-refractivity contribution < 1.29 is 0 Å². The fourth-order valence-corrected chi connectivity index (χ4v) is 3.03. The highest BCUT2D eigenvalue weighted by Gasteiger charge is 2.19. The summed E-state index contributed by atoms with van der Waals surface area (Å²) in [5.41, 5.74) is 7.58. The van der Waals surface area contributed by atoms with E-state index in [2.05, 4.69) is 17.2 Å². The van der Waals surface area contributed by atoms with Crippen molar-refractivity contribution in [1.82, 2.24) is 4.98 Å². The van der Waals surface area contributed by atoms with Crippen molar-refractivity contribution in [1.29, 1.82) is 0 Å². The molecule has 1 fully saturated rings. The second-order valence-corrected chi connectivity index (χ2v) is 5.90. The molecule has 0 unspecified atom stereocenters. The Balaban J connectivity index is 1.88. The minimum atomic E-state index is 0.430. The average molecular weight is 277 g/mol. The molecule has 1 heterocycles. The molecule has 2 rings (SSSR count). The Morgan fingerprint density at radius 3 is 2.68 bits per heavy atom. The lowest BCUT2D eigenvalue weighted by atomic mass is 9.81. The molecule has 0 radical (unpaired) electrons. The lowest BCUT2D eigenvalue weighted by Crippen LogP contribution is -2.22. The van der Waals surface area contributed by atoms with Crippen molar-refractivity contribution in [2.24, 2.45) is 17.6 Å². The number of rotatable bonds is 5. The number of nitrogens with zero attached hydrogens (tertiary/aromatic N) is 1. The second-order valence-electron chi connectivity index (χ2n) is 5.46. The van der Waals surface area contributed by atoms with Gasteiger partial charge in [0.05, 0.1) is 11.9 Å². The summed E-state index contributed by atoms with van der Waals surface area (Å²) < 4.78 is 0. The van der Waals surface area contributed by atoms with E-state index >= 15 is 0 Å². The summed E-state index contributed by atoms with van der Waals surface area (Å²) >= 11 is 5.06. The van der Waals surface area contributed by atoms with E-state index < -0.39 is 0 Å². The van der Waals surface area contributed by atoms with Gasteiger partial charge in [0.25, 0.3) is 0 Å². The van der Waals surface area contributed by atoms with Gasteiger partial charge in [-0.05, 0) is 30.7 Å². The van der Waals surface area contributed by atoms with Gasteiger partial charge in [0.1, 0.15) is 4.99 Å². The van der Waals surface area contributed by atoms with Gasteiger partial charge in [-0.2, -0.15) is 0 Å². The number of aromatic nitrogens is 1. The third-order valence-electron chi connectivity index (χ3n) is 4.21. The quantitative estimate of drug-likeness (QED) is 0.810. The Morgan fingerprint density at radius 1 is 1.37 bits per heavy atom. The molecular weight excluding hydrogens is 254 g/mol. The van der Waals surface area contributed by atoms with Crippen LogP contribution in [0.25, 0.3) is 0 Å². The molecule has 4 heteroatoms. The maximum absolute atomic E-state index is 5.72. The van der Waals surface area contributed by atoms with E-state index in [4.69, 9.17) is 18.0 Å². The summed E-state index contributed by atoms with van der Waals surface area (Å²) in [6.45, 7) is 3.30. The lowest BCUT2D eigenvalue weighted by Gasteiger charge is -2.28. The molecule has 1 saturated carbocycles. The molecule has 1 aromatic heterocycles. The molecule has 0 bridgehead atoms. The monoisotopic (exact) mass is 277 g/mol. The number of anilines is 1. The van der Waals surface area contributed by atoms with Gasteiger partial charge in [0.15, 0.2) is 0 Å². The Kier molecular flexibility index (Phi) is 5.14. The van der Waals surface area contributed by atoms with Crippen molar-refractivity contribution in [2.75, 3.05) is 11.9 Å². The molecule has 0 spiro atoms.